The van der Waals surface area contributed by atoms with Gasteiger partial charge < -0.3 is 4.90 Å². The first-order valence-corrected chi connectivity index (χ1v) is 8.18. The zero-order chi connectivity index (χ0) is 12.5. The number of halogens is 2. The summed E-state index contributed by atoms with van der Waals surface area (Å²) in [6, 6.07) is 6.62. The van der Waals surface area contributed by atoms with Crippen LogP contribution < -0.4 is 4.90 Å². The molecule has 98 valence electrons. The van der Waals surface area contributed by atoms with Crippen molar-refractivity contribution in [2.45, 2.75) is 31.6 Å². The highest BCUT2D eigenvalue weighted by Crippen LogP contribution is 2.36. The standard InChI is InChI=1S/C15H19BrClN/c16-15-7-14(6-5-13(15)8-17)18(9-11-1-2-11)10-12-3-4-12/h5-7,11-12H,1-4,8-10H2. The minimum atomic E-state index is 0.576. The lowest BCUT2D eigenvalue weighted by Crippen LogP contribution is -2.28. The fourth-order valence-electron chi connectivity index (χ4n) is 2.35. The zero-order valence-corrected chi connectivity index (χ0v) is 12.9. The Balaban J connectivity index is 1.76. The number of benzene rings is 1. The van der Waals surface area contributed by atoms with Crippen molar-refractivity contribution in [3.05, 3.63) is 28.2 Å². The average Bonchev–Trinajstić information content (AvgIpc) is 3.23. The molecule has 0 amide bonds. The maximum Gasteiger partial charge on any atom is 0.0485 e. The minimum absolute atomic E-state index is 0.576. The van der Waals surface area contributed by atoms with Crippen LogP contribution in [0.5, 0.6) is 0 Å². The van der Waals surface area contributed by atoms with Crippen LogP contribution in [0.3, 0.4) is 0 Å². The number of rotatable bonds is 6. The smallest absolute Gasteiger partial charge is 0.0485 e. The SMILES string of the molecule is ClCc1ccc(N(CC2CC2)CC2CC2)cc1Br. The van der Waals surface area contributed by atoms with Gasteiger partial charge in [-0.05, 0) is 55.2 Å². The van der Waals surface area contributed by atoms with E-state index in [1.54, 1.807) is 0 Å². The number of hydrogen-bond acceptors (Lipinski definition) is 1. The topological polar surface area (TPSA) is 3.24 Å². The second-order valence-corrected chi connectivity index (χ2v) is 6.82. The van der Waals surface area contributed by atoms with Crippen molar-refractivity contribution in [1.29, 1.82) is 0 Å². The Kier molecular flexibility index (Phi) is 3.86. The van der Waals surface area contributed by atoms with Gasteiger partial charge in [0.05, 0.1) is 0 Å². The second kappa shape index (κ2) is 5.42. The van der Waals surface area contributed by atoms with Crippen LogP contribution in [0.2, 0.25) is 0 Å². The Morgan fingerprint density at radius 1 is 1.11 bits per heavy atom. The van der Waals surface area contributed by atoms with Crippen molar-refractivity contribution in [2.75, 3.05) is 18.0 Å². The lowest BCUT2D eigenvalue weighted by Gasteiger charge is -2.25. The summed E-state index contributed by atoms with van der Waals surface area (Å²) in [6.45, 7) is 2.48. The molecule has 1 aromatic rings. The van der Waals surface area contributed by atoms with Crippen LogP contribution in [-0.2, 0) is 5.88 Å². The summed E-state index contributed by atoms with van der Waals surface area (Å²) < 4.78 is 1.14. The van der Waals surface area contributed by atoms with Gasteiger partial charge in [0.25, 0.3) is 0 Å². The van der Waals surface area contributed by atoms with E-state index in [2.05, 4.69) is 39.0 Å². The van der Waals surface area contributed by atoms with Crippen LogP contribution in [-0.4, -0.2) is 13.1 Å². The first-order valence-electron chi connectivity index (χ1n) is 6.85. The molecule has 3 heteroatoms. The van der Waals surface area contributed by atoms with E-state index in [9.17, 15) is 0 Å². The van der Waals surface area contributed by atoms with Gasteiger partial charge in [0, 0.05) is 29.1 Å². The quantitative estimate of drug-likeness (QED) is 0.677. The van der Waals surface area contributed by atoms with Gasteiger partial charge in [-0.3, -0.25) is 0 Å². The molecule has 0 radical (unpaired) electrons. The number of anilines is 1. The van der Waals surface area contributed by atoms with Crippen molar-refractivity contribution in [3.8, 4) is 0 Å². The highest BCUT2D eigenvalue weighted by molar-refractivity contribution is 9.10. The molecule has 1 aromatic carbocycles. The van der Waals surface area contributed by atoms with Gasteiger partial charge in [0.2, 0.25) is 0 Å². The summed E-state index contributed by atoms with van der Waals surface area (Å²) in [6.07, 6.45) is 5.67. The first-order chi connectivity index (χ1) is 8.76. The van der Waals surface area contributed by atoms with E-state index in [0.29, 0.717) is 5.88 Å². The third-order valence-electron chi connectivity index (χ3n) is 3.90. The monoisotopic (exact) mass is 327 g/mol. The molecule has 0 bridgehead atoms. The lowest BCUT2D eigenvalue weighted by atomic mass is 10.2. The molecule has 1 nitrogen and oxygen atoms in total. The molecule has 2 aliphatic carbocycles. The molecule has 0 atom stereocenters. The summed E-state index contributed by atoms with van der Waals surface area (Å²) in [7, 11) is 0. The molecule has 0 N–H and O–H groups in total. The average molecular weight is 329 g/mol. The zero-order valence-electron chi connectivity index (χ0n) is 10.5. The van der Waals surface area contributed by atoms with Gasteiger partial charge in [-0.25, -0.2) is 0 Å². The van der Waals surface area contributed by atoms with Gasteiger partial charge in [0.1, 0.15) is 0 Å². The summed E-state index contributed by atoms with van der Waals surface area (Å²) in [4.78, 5) is 2.58. The number of nitrogens with zero attached hydrogens (tertiary/aromatic N) is 1. The van der Waals surface area contributed by atoms with Crippen LogP contribution >= 0.6 is 27.5 Å². The van der Waals surface area contributed by atoms with Crippen molar-refractivity contribution in [3.63, 3.8) is 0 Å². The van der Waals surface area contributed by atoms with Crippen LogP contribution in [0.1, 0.15) is 31.2 Å². The maximum atomic E-state index is 5.91. The Labute approximate surface area is 123 Å². The highest BCUT2D eigenvalue weighted by Gasteiger charge is 2.29. The van der Waals surface area contributed by atoms with E-state index in [4.69, 9.17) is 11.6 Å². The van der Waals surface area contributed by atoms with E-state index >= 15 is 0 Å². The molecule has 0 unspecified atom stereocenters. The van der Waals surface area contributed by atoms with E-state index in [1.807, 2.05) is 0 Å². The number of hydrogen-bond donors (Lipinski definition) is 0. The Bertz CT molecular complexity index is 413. The van der Waals surface area contributed by atoms with E-state index in [1.165, 1.54) is 50.0 Å². The minimum Gasteiger partial charge on any atom is -0.371 e. The third kappa shape index (κ3) is 3.21. The summed E-state index contributed by atoms with van der Waals surface area (Å²) in [5, 5.41) is 0. The molecule has 2 saturated carbocycles. The highest BCUT2D eigenvalue weighted by atomic mass is 79.9. The molecular formula is C15H19BrClN. The summed E-state index contributed by atoms with van der Waals surface area (Å²) in [5.41, 5.74) is 2.53. The van der Waals surface area contributed by atoms with Crippen molar-refractivity contribution >= 4 is 33.2 Å². The Morgan fingerprint density at radius 2 is 1.72 bits per heavy atom. The molecular weight excluding hydrogens is 310 g/mol. The first kappa shape index (κ1) is 12.8. The van der Waals surface area contributed by atoms with Gasteiger partial charge in [-0.2, -0.15) is 0 Å². The molecule has 2 fully saturated rings. The van der Waals surface area contributed by atoms with Crippen LogP contribution in [0.15, 0.2) is 22.7 Å². The van der Waals surface area contributed by atoms with E-state index < -0.39 is 0 Å². The fraction of sp³-hybridized carbons (Fsp3) is 0.600. The van der Waals surface area contributed by atoms with Crippen molar-refractivity contribution in [1.82, 2.24) is 0 Å². The molecule has 2 aliphatic rings. The predicted molar refractivity (Wildman–Crippen MR) is 81.4 cm³/mol. The summed E-state index contributed by atoms with van der Waals surface area (Å²) in [5.74, 6) is 2.46. The molecule has 0 spiro atoms. The molecule has 3 rings (SSSR count). The lowest BCUT2D eigenvalue weighted by molar-refractivity contribution is 0.679. The molecule has 0 heterocycles. The van der Waals surface area contributed by atoms with Crippen LogP contribution in [0.25, 0.3) is 0 Å². The molecule has 0 aromatic heterocycles. The van der Waals surface area contributed by atoms with Crippen LogP contribution in [0.4, 0.5) is 5.69 Å². The van der Waals surface area contributed by atoms with E-state index in [-0.39, 0.29) is 0 Å². The Hall–Kier alpha value is -0.210. The van der Waals surface area contributed by atoms with Crippen molar-refractivity contribution in [2.24, 2.45) is 11.8 Å². The van der Waals surface area contributed by atoms with Gasteiger partial charge in [-0.15, -0.1) is 11.6 Å². The molecule has 0 saturated heterocycles. The van der Waals surface area contributed by atoms with Crippen LogP contribution in [0, 0.1) is 11.8 Å². The predicted octanol–water partition coefficient (Wildman–Crippen LogP) is 4.81. The van der Waals surface area contributed by atoms with Gasteiger partial charge >= 0.3 is 0 Å². The van der Waals surface area contributed by atoms with Crippen molar-refractivity contribution < 1.29 is 0 Å². The second-order valence-electron chi connectivity index (χ2n) is 5.70. The molecule has 0 aliphatic heterocycles. The van der Waals surface area contributed by atoms with E-state index in [0.717, 1.165) is 16.3 Å². The Morgan fingerprint density at radius 3 is 2.17 bits per heavy atom. The molecule has 18 heavy (non-hydrogen) atoms. The normalized spacial score (nSPS) is 19.0. The third-order valence-corrected chi connectivity index (χ3v) is 4.92. The maximum absolute atomic E-state index is 5.91. The van der Waals surface area contributed by atoms with Gasteiger partial charge in [-0.1, -0.05) is 22.0 Å². The fourth-order valence-corrected chi connectivity index (χ4v) is 3.25. The van der Waals surface area contributed by atoms with Gasteiger partial charge in [0.15, 0.2) is 0 Å². The largest absolute Gasteiger partial charge is 0.371 e. The summed E-state index contributed by atoms with van der Waals surface area (Å²) >= 11 is 9.54. The number of alkyl halides is 1.